The van der Waals surface area contributed by atoms with Crippen LogP contribution in [0, 0.1) is 6.92 Å². The number of amides is 1. The quantitative estimate of drug-likeness (QED) is 0.925. The van der Waals surface area contributed by atoms with Gasteiger partial charge in [-0.3, -0.25) is 9.48 Å². The molecule has 0 unspecified atom stereocenters. The molecule has 0 atom stereocenters. The van der Waals surface area contributed by atoms with Gasteiger partial charge in [0.05, 0.1) is 16.3 Å². The summed E-state index contributed by atoms with van der Waals surface area (Å²) in [6, 6.07) is 9.56. The van der Waals surface area contributed by atoms with Crippen LogP contribution < -0.4 is 5.32 Å². The van der Waals surface area contributed by atoms with Crippen LogP contribution in [0.15, 0.2) is 46.4 Å². The van der Waals surface area contributed by atoms with E-state index in [1.165, 1.54) is 0 Å². The number of thioether (sulfide) groups is 1. The normalized spacial score (nSPS) is 18.5. The number of aliphatic imine (C=N–C) groups is 1. The Balaban J connectivity index is 1.98. The monoisotopic (exact) mass is 298 g/mol. The first-order valence-corrected chi connectivity index (χ1v) is 7.28. The largest absolute Gasteiger partial charge is 0.300 e. The van der Waals surface area contributed by atoms with E-state index in [2.05, 4.69) is 15.4 Å². The van der Waals surface area contributed by atoms with Gasteiger partial charge in [0.2, 0.25) is 0 Å². The molecule has 0 saturated carbocycles. The average Bonchev–Trinajstić information content (AvgIpc) is 2.94. The summed E-state index contributed by atoms with van der Waals surface area (Å²) in [5.74, 6) is 0.583. The standard InChI is InChI=1S/C15H14N4OS/c1-10-11(9-19(2)18-10)8-13-14(17-15(20)21-13)16-12-6-4-3-5-7-12/h3-9H,1-2H3,(H,16,17,20)/b13-8-. The van der Waals surface area contributed by atoms with Gasteiger partial charge in [0, 0.05) is 18.8 Å². The summed E-state index contributed by atoms with van der Waals surface area (Å²) in [5.41, 5.74) is 2.71. The SMILES string of the molecule is Cc1nn(C)cc1/C=C1\SC(=O)NC1=Nc1ccccc1. The lowest BCUT2D eigenvalue weighted by atomic mass is 10.2. The third-order valence-electron chi connectivity index (χ3n) is 2.99. The van der Waals surface area contributed by atoms with Crippen LogP contribution in [0.1, 0.15) is 11.3 Å². The molecule has 1 aliphatic rings. The maximum absolute atomic E-state index is 11.6. The van der Waals surface area contributed by atoms with Gasteiger partial charge >= 0.3 is 0 Å². The summed E-state index contributed by atoms with van der Waals surface area (Å²) in [6.07, 6.45) is 3.86. The molecule has 2 heterocycles. The van der Waals surface area contributed by atoms with Crippen molar-refractivity contribution in [3.8, 4) is 0 Å². The van der Waals surface area contributed by atoms with Gasteiger partial charge in [-0.25, -0.2) is 4.99 Å². The number of rotatable bonds is 2. The Bertz CT molecular complexity index is 746. The predicted molar refractivity (Wildman–Crippen MR) is 85.6 cm³/mol. The molecule has 0 bridgehead atoms. The minimum atomic E-state index is -0.113. The van der Waals surface area contributed by atoms with Crippen LogP contribution in [0.4, 0.5) is 10.5 Å². The first-order chi connectivity index (χ1) is 10.1. The van der Waals surface area contributed by atoms with Crippen molar-refractivity contribution in [2.45, 2.75) is 6.92 Å². The van der Waals surface area contributed by atoms with Gasteiger partial charge in [0.1, 0.15) is 5.84 Å². The van der Waals surface area contributed by atoms with Crippen molar-refractivity contribution >= 4 is 34.6 Å². The molecular weight excluding hydrogens is 284 g/mol. The average molecular weight is 298 g/mol. The van der Waals surface area contributed by atoms with E-state index >= 15 is 0 Å². The van der Waals surface area contributed by atoms with E-state index in [9.17, 15) is 4.79 Å². The second-order valence-electron chi connectivity index (χ2n) is 4.66. The number of carbonyl (C=O) groups excluding carboxylic acids is 1. The first-order valence-electron chi connectivity index (χ1n) is 6.47. The van der Waals surface area contributed by atoms with Gasteiger partial charge in [0.15, 0.2) is 0 Å². The van der Waals surface area contributed by atoms with E-state index in [1.807, 2.05) is 56.6 Å². The highest BCUT2D eigenvalue weighted by atomic mass is 32.2. The summed E-state index contributed by atoms with van der Waals surface area (Å²) in [5, 5.41) is 6.96. The molecule has 1 saturated heterocycles. The second-order valence-corrected chi connectivity index (χ2v) is 5.68. The Morgan fingerprint density at radius 2 is 2.10 bits per heavy atom. The molecule has 1 amide bonds. The van der Waals surface area contributed by atoms with Crippen molar-refractivity contribution < 1.29 is 4.79 Å². The van der Waals surface area contributed by atoms with Crippen molar-refractivity contribution in [3.05, 3.63) is 52.7 Å². The Hall–Kier alpha value is -2.34. The number of aryl methyl sites for hydroxylation is 2. The fourth-order valence-corrected chi connectivity index (χ4v) is 2.77. The zero-order valence-electron chi connectivity index (χ0n) is 11.7. The van der Waals surface area contributed by atoms with E-state index in [-0.39, 0.29) is 5.24 Å². The minimum absolute atomic E-state index is 0.113. The molecule has 0 aliphatic carbocycles. The van der Waals surface area contributed by atoms with Gasteiger partial charge in [-0.15, -0.1) is 0 Å². The van der Waals surface area contributed by atoms with Crippen LogP contribution in [0.5, 0.6) is 0 Å². The van der Waals surface area contributed by atoms with E-state index < -0.39 is 0 Å². The Labute approximate surface area is 126 Å². The van der Waals surface area contributed by atoms with Gasteiger partial charge in [0.25, 0.3) is 5.24 Å². The molecule has 1 aliphatic heterocycles. The number of nitrogens with one attached hydrogen (secondary N) is 1. The third-order valence-corrected chi connectivity index (χ3v) is 3.81. The number of carbonyl (C=O) groups is 1. The highest BCUT2D eigenvalue weighted by molar-refractivity contribution is 8.18. The number of para-hydroxylation sites is 1. The lowest BCUT2D eigenvalue weighted by molar-refractivity contribution is 0.265. The Kier molecular flexibility index (Phi) is 3.62. The van der Waals surface area contributed by atoms with Crippen LogP contribution in [-0.2, 0) is 7.05 Å². The minimum Gasteiger partial charge on any atom is -0.300 e. The van der Waals surface area contributed by atoms with Crippen molar-refractivity contribution in [1.82, 2.24) is 15.1 Å². The molecule has 1 aromatic carbocycles. The molecule has 6 heteroatoms. The van der Waals surface area contributed by atoms with E-state index in [0.717, 1.165) is 33.6 Å². The fraction of sp³-hybridized carbons (Fsp3) is 0.133. The molecule has 1 fully saturated rings. The highest BCUT2D eigenvalue weighted by Crippen LogP contribution is 2.28. The predicted octanol–water partition coefficient (Wildman–Crippen LogP) is 3.26. The number of aromatic nitrogens is 2. The molecule has 1 N–H and O–H groups in total. The lowest BCUT2D eigenvalue weighted by Gasteiger charge is -1.99. The molecule has 3 rings (SSSR count). The van der Waals surface area contributed by atoms with Crippen LogP contribution in [0.3, 0.4) is 0 Å². The summed E-state index contributed by atoms with van der Waals surface area (Å²) in [4.78, 5) is 16.9. The van der Waals surface area contributed by atoms with Gasteiger partial charge in [-0.1, -0.05) is 18.2 Å². The summed E-state index contributed by atoms with van der Waals surface area (Å²) >= 11 is 1.15. The van der Waals surface area contributed by atoms with Gasteiger partial charge in [-0.2, -0.15) is 5.10 Å². The van der Waals surface area contributed by atoms with Crippen LogP contribution >= 0.6 is 11.8 Å². The second kappa shape index (κ2) is 5.57. The Morgan fingerprint density at radius 3 is 2.76 bits per heavy atom. The van der Waals surface area contributed by atoms with Crippen LogP contribution in [-0.4, -0.2) is 20.9 Å². The number of hydrogen-bond donors (Lipinski definition) is 1. The number of benzene rings is 1. The molecule has 1 aromatic heterocycles. The number of hydrogen-bond acceptors (Lipinski definition) is 4. The molecule has 0 radical (unpaired) electrons. The zero-order valence-corrected chi connectivity index (χ0v) is 12.5. The molecular formula is C15H14N4OS. The molecule has 0 spiro atoms. The molecule has 2 aromatic rings. The molecule has 106 valence electrons. The lowest BCUT2D eigenvalue weighted by Crippen LogP contribution is -2.18. The van der Waals surface area contributed by atoms with Crippen LogP contribution in [0.25, 0.3) is 6.08 Å². The smallest absolute Gasteiger partial charge is 0.289 e. The van der Waals surface area contributed by atoms with E-state index in [4.69, 9.17) is 0 Å². The highest BCUT2D eigenvalue weighted by Gasteiger charge is 2.24. The van der Waals surface area contributed by atoms with Crippen molar-refractivity contribution in [1.29, 1.82) is 0 Å². The topological polar surface area (TPSA) is 59.3 Å². The van der Waals surface area contributed by atoms with Crippen molar-refractivity contribution in [2.24, 2.45) is 12.0 Å². The number of amidine groups is 1. The third kappa shape index (κ3) is 3.05. The molecule has 5 nitrogen and oxygen atoms in total. The van der Waals surface area contributed by atoms with Gasteiger partial charge < -0.3 is 5.32 Å². The van der Waals surface area contributed by atoms with Crippen molar-refractivity contribution in [3.63, 3.8) is 0 Å². The van der Waals surface area contributed by atoms with Gasteiger partial charge in [-0.05, 0) is 36.9 Å². The fourth-order valence-electron chi connectivity index (χ4n) is 2.05. The van der Waals surface area contributed by atoms with E-state index in [1.54, 1.807) is 4.68 Å². The van der Waals surface area contributed by atoms with Crippen molar-refractivity contribution in [2.75, 3.05) is 0 Å². The maximum Gasteiger partial charge on any atom is 0.289 e. The summed E-state index contributed by atoms with van der Waals surface area (Å²) in [6.45, 7) is 1.94. The summed E-state index contributed by atoms with van der Waals surface area (Å²) in [7, 11) is 1.87. The Morgan fingerprint density at radius 1 is 1.33 bits per heavy atom. The van der Waals surface area contributed by atoms with Crippen LogP contribution in [0.2, 0.25) is 0 Å². The summed E-state index contributed by atoms with van der Waals surface area (Å²) < 4.78 is 1.75. The zero-order chi connectivity index (χ0) is 14.8. The number of nitrogens with zero attached hydrogens (tertiary/aromatic N) is 3. The first kappa shape index (κ1) is 13.6. The van der Waals surface area contributed by atoms with E-state index in [0.29, 0.717) is 5.84 Å². The maximum atomic E-state index is 11.6. The molecule has 21 heavy (non-hydrogen) atoms.